The van der Waals surface area contributed by atoms with Gasteiger partial charge in [-0.15, -0.1) is 13.2 Å². The Morgan fingerprint density at radius 3 is 2.47 bits per heavy atom. The van der Waals surface area contributed by atoms with Crippen LogP contribution in [0.25, 0.3) is 0 Å². The summed E-state index contributed by atoms with van der Waals surface area (Å²) < 4.78 is 45.6. The van der Waals surface area contributed by atoms with Crippen molar-refractivity contribution in [2.45, 2.75) is 13.3 Å². The molecule has 0 fully saturated rings. The van der Waals surface area contributed by atoms with Crippen molar-refractivity contribution in [3.05, 3.63) is 53.5 Å². The predicted octanol–water partition coefficient (Wildman–Crippen LogP) is 3.72. The second kappa shape index (κ2) is 4.79. The number of alkyl halides is 3. The lowest BCUT2D eigenvalue weighted by Gasteiger charge is -2.11. The van der Waals surface area contributed by atoms with Crippen LogP contribution in [0.4, 0.5) is 13.2 Å². The predicted molar refractivity (Wildman–Crippen MR) is 60.0 cm³/mol. The number of rotatable bonds is 3. The van der Waals surface area contributed by atoms with E-state index in [0.29, 0.717) is 5.56 Å². The van der Waals surface area contributed by atoms with Gasteiger partial charge in [-0.25, -0.2) is 0 Å². The first-order valence-electron chi connectivity index (χ1n) is 5.32. The fraction of sp³-hybridized carbons (Fsp3) is 0.154. The average Bonchev–Trinajstić information content (AvgIpc) is 2.73. The molecule has 0 bridgehead atoms. The summed E-state index contributed by atoms with van der Waals surface area (Å²) in [6.07, 6.45) is -3.55. The first kappa shape index (κ1) is 13.2. The van der Waals surface area contributed by atoms with Crippen LogP contribution in [0.3, 0.4) is 0 Å². The molecular formula is C13H9F3O3. The molecule has 0 aliphatic rings. The number of para-hydroxylation sites is 1. The minimum absolute atomic E-state index is 0.00164. The molecule has 3 nitrogen and oxygen atoms in total. The van der Waals surface area contributed by atoms with E-state index in [1.807, 2.05) is 0 Å². The highest BCUT2D eigenvalue weighted by molar-refractivity contribution is 6.09. The SMILES string of the molecule is Cc1ccoc1C(=O)c1ccccc1OC(F)(F)F. The Morgan fingerprint density at radius 1 is 1.21 bits per heavy atom. The van der Waals surface area contributed by atoms with Crippen molar-refractivity contribution in [2.75, 3.05) is 0 Å². The fourth-order valence-corrected chi connectivity index (χ4v) is 1.60. The van der Waals surface area contributed by atoms with Crippen molar-refractivity contribution >= 4 is 5.78 Å². The highest BCUT2D eigenvalue weighted by Gasteiger charge is 2.33. The van der Waals surface area contributed by atoms with Crippen LogP contribution in [0.15, 0.2) is 41.0 Å². The summed E-state index contributed by atoms with van der Waals surface area (Å²) in [5, 5.41) is 0. The largest absolute Gasteiger partial charge is 0.573 e. The van der Waals surface area contributed by atoms with Gasteiger partial charge in [0, 0.05) is 0 Å². The molecule has 1 aromatic heterocycles. The molecule has 6 heteroatoms. The fourth-order valence-electron chi connectivity index (χ4n) is 1.60. The summed E-state index contributed by atoms with van der Waals surface area (Å²) >= 11 is 0. The minimum Gasteiger partial charge on any atom is -0.461 e. The zero-order valence-electron chi connectivity index (χ0n) is 9.82. The van der Waals surface area contributed by atoms with E-state index < -0.39 is 17.9 Å². The maximum atomic E-state index is 12.2. The molecule has 100 valence electrons. The van der Waals surface area contributed by atoms with Gasteiger partial charge in [-0.2, -0.15) is 0 Å². The van der Waals surface area contributed by atoms with Crippen LogP contribution >= 0.6 is 0 Å². The molecule has 0 amide bonds. The quantitative estimate of drug-likeness (QED) is 0.798. The summed E-state index contributed by atoms with van der Waals surface area (Å²) in [4.78, 5) is 12.1. The monoisotopic (exact) mass is 270 g/mol. The number of carbonyl (C=O) groups is 1. The number of ether oxygens (including phenoxy) is 1. The van der Waals surface area contributed by atoms with E-state index >= 15 is 0 Å². The molecule has 0 saturated carbocycles. The molecule has 19 heavy (non-hydrogen) atoms. The van der Waals surface area contributed by atoms with Crippen LogP contribution in [0, 0.1) is 6.92 Å². The number of carbonyl (C=O) groups excluding carboxylic acids is 1. The number of aryl methyl sites for hydroxylation is 1. The van der Waals surface area contributed by atoms with E-state index in [1.54, 1.807) is 13.0 Å². The molecular weight excluding hydrogens is 261 g/mol. The summed E-state index contributed by atoms with van der Waals surface area (Å²) in [6.45, 7) is 1.63. The number of furan rings is 1. The average molecular weight is 270 g/mol. The van der Waals surface area contributed by atoms with Gasteiger partial charge in [-0.3, -0.25) is 4.79 Å². The molecule has 1 heterocycles. The van der Waals surface area contributed by atoms with Gasteiger partial charge in [0.05, 0.1) is 11.8 Å². The standard InChI is InChI=1S/C13H9F3O3/c1-8-6-7-18-12(8)11(17)9-4-2-3-5-10(9)19-13(14,15)16/h2-7H,1H3. The van der Waals surface area contributed by atoms with Crippen LogP contribution in [0.2, 0.25) is 0 Å². The Morgan fingerprint density at radius 2 is 1.89 bits per heavy atom. The van der Waals surface area contributed by atoms with E-state index in [-0.39, 0.29) is 11.3 Å². The van der Waals surface area contributed by atoms with Crippen LogP contribution in [0.1, 0.15) is 21.7 Å². The van der Waals surface area contributed by atoms with Gasteiger partial charge in [-0.05, 0) is 30.7 Å². The maximum absolute atomic E-state index is 12.2. The number of ketones is 1. The number of hydrogen-bond donors (Lipinski definition) is 0. The van der Waals surface area contributed by atoms with E-state index in [1.165, 1.54) is 24.5 Å². The van der Waals surface area contributed by atoms with Crippen molar-refractivity contribution in [2.24, 2.45) is 0 Å². The first-order valence-corrected chi connectivity index (χ1v) is 5.32. The second-order valence-electron chi connectivity index (χ2n) is 3.81. The van der Waals surface area contributed by atoms with Gasteiger partial charge < -0.3 is 9.15 Å². The van der Waals surface area contributed by atoms with E-state index in [0.717, 1.165) is 6.07 Å². The molecule has 1 aromatic carbocycles. The van der Waals surface area contributed by atoms with Crippen LogP contribution < -0.4 is 4.74 Å². The Bertz CT molecular complexity index is 599. The summed E-state index contributed by atoms with van der Waals surface area (Å²) in [5.74, 6) is -1.20. The third-order valence-electron chi connectivity index (χ3n) is 2.43. The van der Waals surface area contributed by atoms with Crippen molar-refractivity contribution in [3.8, 4) is 5.75 Å². The Hall–Kier alpha value is -2.24. The normalized spacial score (nSPS) is 11.4. The maximum Gasteiger partial charge on any atom is 0.573 e. The molecule has 0 N–H and O–H groups in total. The lowest BCUT2D eigenvalue weighted by molar-refractivity contribution is -0.274. The zero-order chi connectivity index (χ0) is 14.0. The van der Waals surface area contributed by atoms with Gasteiger partial charge in [0.1, 0.15) is 5.75 Å². The Kier molecular flexibility index (Phi) is 3.33. The smallest absolute Gasteiger partial charge is 0.461 e. The Labute approximate surface area is 106 Å². The lowest BCUT2D eigenvalue weighted by Crippen LogP contribution is -2.19. The molecule has 0 unspecified atom stereocenters. The second-order valence-corrected chi connectivity index (χ2v) is 3.81. The third kappa shape index (κ3) is 2.96. The number of halogens is 3. The van der Waals surface area contributed by atoms with Crippen molar-refractivity contribution in [1.82, 2.24) is 0 Å². The van der Waals surface area contributed by atoms with Crippen LogP contribution in [-0.4, -0.2) is 12.1 Å². The third-order valence-corrected chi connectivity index (χ3v) is 2.43. The van der Waals surface area contributed by atoms with E-state index in [4.69, 9.17) is 4.42 Å². The Balaban J connectivity index is 2.40. The summed E-state index contributed by atoms with van der Waals surface area (Å²) in [7, 11) is 0. The van der Waals surface area contributed by atoms with Crippen molar-refractivity contribution in [3.63, 3.8) is 0 Å². The molecule has 0 aliphatic heterocycles. The number of benzene rings is 1. The van der Waals surface area contributed by atoms with E-state index in [2.05, 4.69) is 4.74 Å². The number of hydrogen-bond acceptors (Lipinski definition) is 3. The highest BCUT2D eigenvalue weighted by atomic mass is 19.4. The molecule has 0 radical (unpaired) electrons. The molecule has 0 spiro atoms. The lowest BCUT2D eigenvalue weighted by atomic mass is 10.1. The van der Waals surface area contributed by atoms with Crippen molar-refractivity contribution in [1.29, 1.82) is 0 Å². The molecule has 0 saturated heterocycles. The van der Waals surface area contributed by atoms with Gasteiger partial charge >= 0.3 is 6.36 Å². The van der Waals surface area contributed by atoms with Gasteiger partial charge in [0.25, 0.3) is 0 Å². The first-order chi connectivity index (χ1) is 8.88. The van der Waals surface area contributed by atoms with Gasteiger partial charge in [0.2, 0.25) is 5.78 Å². The van der Waals surface area contributed by atoms with Crippen LogP contribution in [-0.2, 0) is 0 Å². The molecule has 0 aliphatic carbocycles. The zero-order valence-corrected chi connectivity index (χ0v) is 9.82. The van der Waals surface area contributed by atoms with Crippen LogP contribution in [0.5, 0.6) is 5.75 Å². The molecule has 2 rings (SSSR count). The topological polar surface area (TPSA) is 39.4 Å². The highest BCUT2D eigenvalue weighted by Crippen LogP contribution is 2.28. The summed E-state index contributed by atoms with van der Waals surface area (Å²) in [6, 6.07) is 6.70. The minimum atomic E-state index is -4.85. The summed E-state index contributed by atoms with van der Waals surface area (Å²) in [5.41, 5.74) is 0.352. The van der Waals surface area contributed by atoms with Crippen molar-refractivity contribution < 1.29 is 27.1 Å². The van der Waals surface area contributed by atoms with Gasteiger partial charge in [-0.1, -0.05) is 12.1 Å². The van der Waals surface area contributed by atoms with Gasteiger partial charge in [0.15, 0.2) is 5.76 Å². The van der Waals surface area contributed by atoms with E-state index in [9.17, 15) is 18.0 Å². The molecule has 0 atom stereocenters. The molecule has 2 aromatic rings.